The number of rotatable bonds is 5. The number of nitrogens with zero attached hydrogens (tertiary/aromatic N) is 1. The van der Waals surface area contributed by atoms with Gasteiger partial charge in [-0.25, -0.2) is 4.98 Å². The van der Waals surface area contributed by atoms with Crippen molar-refractivity contribution in [3.05, 3.63) is 44.7 Å². The summed E-state index contributed by atoms with van der Waals surface area (Å²) in [5.74, 6) is 0.621. The largest absolute Gasteiger partial charge is 0.383 e. The predicted molar refractivity (Wildman–Crippen MR) is 80.8 cm³/mol. The molecule has 0 saturated carbocycles. The van der Waals surface area contributed by atoms with Crippen LogP contribution in [-0.2, 0) is 6.42 Å². The van der Waals surface area contributed by atoms with Crippen molar-refractivity contribution in [3.63, 3.8) is 0 Å². The summed E-state index contributed by atoms with van der Waals surface area (Å²) < 4.78 is 1.15. The van der Waals surface area contributed by atoms with Gasteiger partial charge in [-0.3, -0.25) is 0 Å². The Labute approximate surface area is 120 Å². The van der Waals surface area contributed by atoms with Crippen LogP contribution in [0.1, 0.15) is 23.4 Å². The van der Waals surface area contributed by atoms with Crippen molar-refractivity contribution in [1.29, 1.82) is 0 Å². The zero-order valence-electron chi connectivity index (χ0n) is 10.2. The van der Waals surface area contributed by atoms with Crippen LogP contribution in [0.3, 0.4) is 0 Å². The summed E-state index contributed by atoms with van der Waals surface area (Å²) in [6.07, 6.45) is 2.59. The zero-order chi connectivity index (χ0) is 13.0. The minimum atomic E-state index is 0.290. The maximum Gasteiger partial charge on any atom is 0.126 e. The van der Waals surface area contributed by atoms with Crippen LogP contribution in [0, 0.1) is 0 Å². The third kappa shape index (κ3) is 3.31. The lowest BCUT2D eigenvalue weighted by molar-refractivity contribution is 0.558. The molecule has 3 nitrogen and oxygen atoms in total. The molecule has 0 bridgehead atoms. The molecule has 0 spiro atoms. The Morgan fingerprint density at radius 3 is 2.89 bits per heavy atom. The minimum absolute atomic E-state index is 0.290. The Morgan fingerprint density at radius 2 is 2.28 bits per heavy atom. The van der Waals surface area contributed by atoms with Crippen LogP contribution in [0.2, 0.25) is 0 Å². The SMILES string of the molecule is CCNC(Cc1cccnc1N)c1ccc(Br)s1. The molecule has 3 N–H and O–H groups in total. The van der Waals surface area contributed by atoms with Crippen LogP contribution >= 0.6 is 27.3 Å². The van der Waals surface area contributed by atoms with Gasteiger partial charge in [-0.05, 0) is 52.7 Å². The normalized spacial score (nSPS) is 12.6. The average Bonchev–Trinajstić information content (AvgIpc) is 2.78. The maximum atomic E-state index is 5.90. The van der Waals surface area contributed by atoms with E-state index in [1.165, 1.54) is 4.88 Å². The summed E-state index contributed by atoms with van der Waals surface area (Å²) in [5, 5.41) is 3.49. The molecular weight excluding hydrogens is 310 g/mol. The van der Waals surface area contributed by atoms with Crippen molar-refractivity contribution in [3.8, 4) is 0 Å². The second-order valence-corrected chi connectivity index (χ2v) is 6.50. The molecule has 18 heavy (non-hydrogen) atoms. The van der Waals surface area contributed by atoms with Crippen molar-refractivity contribution >= 4 is 33.1 Å². The molecule has 0 fully saturated rings. The minimum Gasteiger partial charge on any atom is -0.383 e. The molecule has 1 unspecified atom stereocenters. The molecular formula is C13H16BrN3S. The van der Waals surface area contributed by atoms with Gasteiger partial charge in [-0.1, -0.05) is 13.0 Å². The molecule has 0 aliphatic heterocycles. The Kier molecular flexibility index (Phi) is 4.74. The van der Waals surface area contributed by atoms with Crippen LogP contribution in [0.4, 0.5) is 5.82 Å². The fourth-order valence-corrected chi connectivity index (χ4v) is 3.38. The van der Waals surface area contributed by atoms with Crippen LogP contribution in [0.25, 0.3) is 0 Å². The fraction of sp³-hybridized carbons (Fsp3) is 0.308. The van der Waals surface area contributed by atoms with Gasteiger partial charge in [0.05, 0.1) is 3.79 Å². The number of aromatic nitrogens is 1. The molecule has 2 aromatic rings. The highest BCUT2D eigenvalue weighted by Gasteiger charge is 2.14. The first-order valence-corrected chi connectivity index (χ1v) is 7.49. The van der Waals surface area contributed by atoms with E-state index in [9.17, 15) is 0 Å². The lowest BCUT2D eigenvalue weighted by atomic mass is 10.1. The first-order chi connectivity index (χ1) is 8.70. The lowest BCUT2D eigenvalue weighted by Gasteiger charge is -2.17. The van der Waals surface area contributed by atoms with Gasteiger partial charge in [0.25, 0.3) is 0 Å². The highest BCUT2D eigenvalue weighted by molar-refractivity contribution is 9.11. The van der Waals surface area contributed by atoms with E-state index in [4.69, 9.17) is 5.73 Å². The molecule has 0 amide bonds. The quantitative estimate of drug-likeness (QED) is 0.886. The summed E-state index contributed by atoms with van der Waals surface area (Å²) in [7, 11) is 0. The third-order valence-corrected chi connectivity index (χ3v) is 4.48. The monoisotopic (exact) mass is 325 g/mol. The van der Waals surface area contributed by atoms with Gasteiger partial charge in [0, 0.05) is 17.1 Å². The van der Waals surface area contributed by atoms with Gasteiger partial charge >= 0.3 is 0 Å². The molecule has 2 rings (SSSR count). The Hall–Kier alpha value is -0.910. The van der Waals surface area contributed by atoms with Crippen molar-refractivity contribution in [2.45, 2.75) is 19.4 Å². The average molecular weight is 326 g/mol. The zero-order valence-corrected chi connectivity index (χ0v) is 12.6. The molecule has 0 aliphatic carbocycles. The Balaban J connectivity index is 2.19. The standard InChI is InChI=1S/C13H16BrN3S/c1-2-16-10(11-5-6-12(14)18-11)8-9-4-3-7-17-13(9)15/h3-7,10,16H,2,8H2,1H3,(H2,15,17). The molecule has 0 saturated heterocycles. The first-order valence-electron chi connectivity index (χ1n) is 5.88. The van der Waals surface area contributed by atoms with Crippen LogP contribution in [-0.4, -0.2) is 11.5 Å². The molecule has 96 valence electrons. The van der Waals surface area contributed by atoms with E-state index in [0.29, 0.717) is 5.82 Å². The van der Waals surface area contributed by atoms with Gasteiger partial charge in [0.2, 0.25) is 0 Å². The van der Waals surface area contributed by atoms with E-state index in [-0.39, 0.29) is 6.04 Å². The van der Waals surface area contributed by atoms with Gasteiger partial charge in [0.1, 0.15) is 5.82 Å². The maximum absolute atomic E-state index is 5.90. The van der Waals surface area contributed by atoms with E-state index in [1.54, 1.807) is 17.5 Å². The van der Waals surface area contributed by atoms with Crippen molar-refractivity contribution in [1.82, 2.24) is 10.3 Å². The topological polar surface area (TPSA) is 50.9 Å². The number of likely N-dealkylation sites (N-methyl/N-ethyl adjacent to an activating group) is 1. The number of nitrogen functional groups attached to an aromatic ring is 1. The second-order valence-electron chi connectivity index (χ2n) is 4.00. The van der Waals surface area contributed by atoms with E-state index >= 15 is 0 Å². The second kappa shape index (κ2) is 6.31. The Bertz CT molecular complexity index is 512. The van der Waals surface area contributed by atoms with Gasteiger partial charge in [-0.2, -0.15) is 0 Å². The van der Waals surface area contributed by atoms with Crippen LogP contribution in [0.5, 0.6) is 0 Å². The van der Waals surface area contributed by atoms with Crippen LogP contribution in [0.15, 0.2) is 34.2 Å². The number of hydrogen-bond acceptors (Lipinski definition) is 4. The lowest BCUT2D eigenvalue weighted by Crippen LogP contribution is -2.22. The Morgan fingerprint density at radius 1 is 1.44 bits per heavy atom. The number of nitrogens with two attached hydrogens (primary N) is 1. The van der Waals surface area contributed by atoms with Crippen molar-refractivity contribution in [2.75, 3.05) is 12.3 Å². The van der Waals surface area contributed by atoms with E-state index in [2.05, 4.69) is 45.3 Å². The molecule has 0 aliphatic rings. The number of pyridine rings is 1. The number of nitrogens with one attached hydrogen (secondary N) is 1. The van der Waals surface area contributed by atoms with E-state index in [0.717, 1.165) is 22.3 Å². The number of hydrogen-bond donors (Lipinski definition) is 2. The number of halogens is 1. The third-order valence-electron chi connectivity index (χ3n) is 2.74. The molecule has 2 heterocycles. The van der Waals surface area contributed by atoms with Crippen LogP contribution < -0.4 is 11.1 Å². The summed E-state index contributed by atoms with van der Waals surface area (Å²) in [4.78, 5) is 5.45. The smallest absolute Gasteiger partial charge is 0.126 e. The highest BCUT2D eigenvalue weighted by Crippen LogP contribution is 2.29. The highest BCUT2D eigenvalue weighted by atomic mass is 79.9. The van der Waals surface area contributed by atoms with Crippen molar-refractivity contribution < 1.29 is 0 Å². The first kappa shape index (κ1) is 13.5. The molecule has 5 heteroatoms. The summed E-state index contributed by atoms with van der Waals surface area (Å²) in [6, 6.07) is 8.48. The molecule has 0 aromatic carbocycles. The van der Waals surface area contributed by atoms with Gasteiger partial charge in [0.15, 0.2) is 0 Å². The number of anilines is 1. The van der Waals surface area contributed by atoms with Crippen molar-refractivity contribution in [2.24, 2.45) is 0 Å². The number of thiophene rings is 1. The summed E-state index contributed by atoms with van der Waals surface area (Å²) >= 11 is 5.26. The molecule has 1 atom stereocenters. The fourth-order valence-electron chi connectivity index (χ4n) is 1.88. The predicted octanol–water partition coefficient (Wildman–Crippen LogP) is 3.38. The van der Waals surface area contributed by atoms with E-state index < -0.39 is 0 Å². The van der Waals surface area contributed by atoms with E-state index in [1.807, 2.05) is 12.1 Å². The summed E-state index contributed by atoms with van der Waals surface area (Å²) in [5.41, 5.74) is 6.99. The van der Waals surface area contributed by atoms with Gasteiger partial charge < -0.3 is 11.1 Å². The molecule has 2 aromatic heterocycles. The molecule has 0 radical (unpaired) electrons. The van der Waals surface area contributed by atoms with Gasteiger partial charge in [-0.15, -0.1) is 11.3 Å². The summed E-state index contributed by atoms with van der Waals surface area (Å²) in [6.45, 7) is 3.04.